The second-order valence-electron chi connectivity index (χ2n) is 4.03. The lowest BCUT2D eigenvalue weighted by molar-refractivity contribution is -0.112. The summed E-state index contributed by atoms with van der Waals surface area (Å²) in [7, 11) is 0. The third-order valence-corrected chi connectivity index (χ3v) is 3.37. The van der Waals surface area contributed by atoms with Crippen molar-refractivity contribution in [3.8, 4) is 0 Å². The molecule has 0 atom stereocenters. The van der Waals surface area contributed by atoms with Gasteiger partial charge in [0.15, 0.2) is 5.12 Å². The van der Waals surface area contributed by atoms with Crippen LogP contribution in [0.4, 0.5) is 0 Å². The van der Waals surface area contributed by atoms with Crippen LogP contribution in [0.25, 0.3) is 0 Å². The van der Waals surface area contributed by atoms with E-state index in [-0.39, 0.29) is 10.5 Å². The highest BCUT2D eigenvalue weighted by Crippen LogP contribution is 2.41. The molecule has 0 bridgehead atoms. The summed E-state index contributed by atoms with van der Waals surface area (Å²) >= 11 is 1.38. The zero-order valence-corrected chi connectivity index (χ0v) is 8.65. The Labute approximate surface area is 82.5 Å². The number of benzene rings is 1. The minimum absolute atomic E-state index is 0.0128. The monoisotopic (exact) mass is 192 g/mol. The third kappa shape index (κ3) is 1.51. The fourth-order valence-corrected chi connectivity index (χ4v) is 3.01. The lowest BCUT2D eigenvalue weighted by Gasteiger charge is -2.30. The molecule has 0 spiro atoms. The van der Waals surface area contributed by atoms with Gasteiger partial charge in [0.2, 0.25) is 0 Å². The van der Waals surface area contributed by atoms with Gasteiger partial charge in [-0.1, -0.05) is 43.8 Å². The van der Waals surface area contributed by atoms with Crippen LogP contribution < -0.4 is 0 Å². The first-order chi connectivity index (χ1) is 6.09. The second kappa shape index (κ2) is 2.88. The maximum atomic E-state index is 11.4. The molecule has 0 unspecified atom stereocenters. The zero-order valence-electron chi connectivity index (χ0n) is 7.83. The van der Waals surface area contributed by atoms with Crippen LogP contribution in [0.3, 0.4) is 0 Å². The lowest BCUT2D eigenvalue weighted by atomic mass is 9.82. The average Bonchev–Trinajstić information content (AvgIpc) is 2.02. The largest absolute Gasteiger partial charge is 0.287 e. The van der Waals surface area contributed by atoms with Gasteiger partial charge in [0, 0.05) is 11.3 Å². The SMILES string of the molecule is CC1(C)CC(=O)Sc2ccccc21. The van der Waals surface area contributed by atoms with Crippen molar-refractivity contribution >= 4 is 16.9 Å². The summed E-state index contributed by atoms with van der Waals surface area (Å²) in [6.45, 7) is 4.26. The summed E-state index contributed by atoms with van der Waals surface area (Å²) in [6.07, 6.45) is 0.648. The summed E-state index contributed by atoms with van der Waals surface area (Å²) in [5.41, 5.74) is 1.32. The van der Waals surface area contributed by atoms with Gasteiger partial charge in [-0.15, -0.1) is 0 Å². The van der Waals surface area contributed by atoms with Crippen LogP contribution in [0.5, 0.6) is 0 Å². The molecule has 0 saturated heterocycles. The third-order valence-electron chi connectivity index (χ3n) is 2.43. The van der Waals surface area contributed by atoms with E-state index >= 15 is 0 Å². The molecule has 13 heavy (non-hydrogen) atoms. The second-order valence-corrected chi connectivity index (χ2v) is 5.13. The topological polar surface area (TPSA) is 17.1 Å². The average molecular weight is 192 g/mol. The number of hydrogen-bond donors (Lipinski definition) is 0. The van der Waals surface area contributed by atoms with Crippen molar-refractivity contribution in [1.29, 1.82) is 0 Å². The molecule has 0 N–H and O–H groups in total. The number of fused-ring (bicyclic) bond motifs is 1. The maximum Gasteiger partial charge on any atom is 0.194 e. The fourth-order valence-electron chi connectivity index (χ4n) is 1.73. The van der Waals surface area contributed by atoms with E-state index in [1.807, 2.05) is 18.2 Å². The molecule has 2 rings (SSSR count). The van der Waals surface area contributed by atoms with E-state index in [2.05, 4.69) is 19.9 Å². The molecule has 0 aromatic heterocycles. The van der Waals surface area contributed by atoms with E-state index in [1.165, 1.54) is 17.3 Å². The van der Waals surface area contributed by atoms with Crippen molar-refractivity contribution in [1.82, 2.24) is 0 Å². The Morgan fingerprint density at radius 3 is 2.77 bits per heavy atom. The maximum absolute atomic E-state index is 11.4. The number of carbonyl (C=O) groups excluding carboxylic acids is 1. The first-order valence-electron chi connectivity index (χ1n) is 4.40. The van der Waals surface area contributed by atoms with Crippen LogP contribution in [0.1, 0.15) is 25.8 Å². The summed E-state index contributed by atoms with van der Waals surface area (Å²) < 4.78 is 0. The quantitative estimate of drug-likeness (QED) is 0.628. The Morgan fingerprint density at radius 1 is 1.31 bits per heavy atom. The Hall–Kier alpha value is -0.760. The van der Waals surface area contributed by atoms with E-state index in [0.29, 0.717) is 6.42 Å². The Kier molecular flexibility index (Phi) is 1.95. The standard InChI is InChI=1S/C11H12OS/c1-11(2)7-10(12)13-9-6-4-3-5-8(9)11/h3-6H,7H2,1-2H3. The van der Waals surface area contributed by atoms with Crippen LogP contribution in [0.2, 0.25) is 0 Å². The fraction of sp³-hybridized carbons (Fsp3) is 0.364. The van der Waals surface area contributed by atoms with Crippen molar-refractivity contribution < 1.29 is 4.79 Å². The van der Waals surface area contributed by atoms with Crippen molar-refractivity contribution in [2.75, 3.05) is 0 Å². The first kappa shape index (κ1) is 8.82. The predicted molar refractivity (Wildman–Crippen MR) is 54.9 cm³/mol. The number of carbonyl (C=O) groups is 1. The Morgan fingerprint density at radius 2 is 2.00 bits per heavy atom. The molecular weight excluding hydrogens is 180 g/mol. The highest BCUT2D eigenvalue weighted by atomic mass is 32.2. The van der Waals surface area contributed by atoms with Gasteiger partial charge in [0.05, 0.1) is 0 Å². The summed E-state index contributed by atoms with van der Waals surface area (Å²) in [6, 6.07) is 8.17. The van der Waals surface area contributed by atoms with Crippen LogP contribution in [0, 0.1) is 0 Å². The zero-order chi connectivity index (χ0) is 9.47. The van der Waals surface area contributed by atoms with Gasteiger partial charge < -0.3 is 0 Å². The van der Waals surface area contributed by atoms with Crippen molar-refractivity contribution in [2.24, 2.45) is 0 Å². The number of hydrogen-bond acceptors (Lipinski definition) is 2. The molecule has 0 fully saturated rings. The van der Waals surface area contributed by atoms with Crippen molar-refractivity contribution in [2.45, 2.75) is 30.6 Å². The van der Waals surface area contributed by atoms with Gasteiger partial charge in [0.1, 0.15) is 0 Å². The van der Waals surface area contributed by atoms with Crippen molar-refractivity contribution in [3.05, 3.63) is 29.8 Å². The molecule has 0 saturated carbocycles. The molecule has 0 amide bonds. The van der Waals surface area contributed by atoms with Gasteiger partial charge in [-0.25, -0.2) is 0 Å². The predicted octanol–water partition coefficient (Wildman–Crippen LogP) is 2.99. The summed E-state index contributed by atoms with van der Waals surface area (Å²) in [5.74, 6) is 0. The molecule has 68 valence electrons. The van der Waals surface area contributed by atoms with Crippen molar-refractivity contribution in [3.63, 3.8) is 0 Å². The molecule has 0 aliphatic carbocycles. The molecule has 1 aromatic carbocycles. The highest BCUT2D eigenvalue weighted by Gasteiger charge is 2.31. The van der Waals surface area contributed by atoms with E-state index in [9.17, 15) is 4.79 Å². The van der Waals surface area contributed by atoms with Crippen LogP contribution in [-0.2, 0) is 10.2 Å². The molecule has 1 aromatic rings. The van der Waals surface area contributed by atoms with E-state index < -0.39 is 0 Å². The van der Waals surface area contributed by atoms with Gasteiger partial charge in [-0.05, 0) is 17.0 Å². The molecule has 1 aliphatic heterocycles. The molecule has 2 heteroatoms. The molecule has 0 radical (unpaired) electrons. The Balaban J connectivity index is 2.56. The lowest BCUT2D eigenvalue weighted by Crippen LogP contribution is -2.25. The van der Waals surface area contributed by atoms with Gasteiger partial charge in [-0.2, -0.15) is 0 Å². The van der Waals surface area contributed by atoms with Crippen LogP contribution in [-0.4, -0.2) is 5.12 Å². The van der Waals surface area contributed by atoms with Gasteiger partial charge in [0.25, 0.3) is 0 Å². The number of rotatable bonds is 0. The Bertz CT molecular complexity index is 355. The van der Waals surface area contributed by atoms with E-state index in [1.54, 1.807) is 0 Å². The summed E-state index contributed by atoms with van der Waals surface area (Å²) in [5, 5.41) is 0.281. The van der Waals surface area contributed by atoms with E-state index in [0.717, 1.165) is 4.90 Å². The minimum atomic E-state index is 0.0128. The highest BCUT2D eigenvalue weighted by molar-refractivity contribution is 8.13. The molecule has 1 nitrogen and oxygen atoms in total. The van der Waals surface area contributed by atoms with E-state index in [4.69, 9.17) is 0 Å². The normalized spacial score (nSPS) is 19.7. The van der Waals surface area contributed by atoms with Gasteiger partial charge in [-0.3, -0.25) is 4.79 Å². The molecular formula is C11H12OS. The van der Waals surface area contributed by atoms with Crippen LogP contribution >= 0.6 is 11.8 Å². The summed E-state index contributed by atoms with van der Waals surface area (Å²) in [4.78, 5) is 12.5. The van der Waals surface area contributed by atoms with Gasteiger partial charge >= 0.3 is 0 Å². The molecule has 1 aliphatic rings. The first-order valence-corrected chi connectivity index (χ1v) is 5.21. The molecule has 1 heterocycles. The number of thioether (sulfide) groups is 1. The smallest absolute Gasteiger partial charge is 0.194 e. The van der Waals surface area contributed by atoms with Crippen LogP contribution in [0.15, 0.2) is 29.2 Å². The minimum Gasteiger partial charge on any atom is -0.287 e.